The summed E-state index contributed by atoms with van der Waals surface area (Å²) in [6.45, 7) is 4.70. The fourth-order valence-corrected chi connectivity index (χ4v) is 5.71. The minimum atomic E-state index is -3.84. The number of nitrogens with zero attached hydrogens (tertiary/aromatic N) is 1. The minimum absolute atomic E-state index is 0.0552. The number of sulfonamides is 1. The number of nitrogens with one attached hydrogen (secondary N) is 1. The van der Waals surface area contributed by atoms with Crippen LogP contribution in [-0.2, 0) is 14.8 Å². The standard InChI is InChI=1S/C25H34N2O7S/c1-16(2)13-26-25(28)21-15-27(35(29,30)19-9-7-18(31-3)8-10-19)14-20(21)17-11-22(32-4)24(34-6)23(12-17)33-5/h7-12,16,20-21H,13-15H2,1-6H3,(H,26,28)/t20-,21+/m0/s1. The monoisotopic (exact) mass is 506 g/mol. The maximum atomic E-state index is 13.5. The van der Waals surface area contributed by atoms with Crippen molar-refractivity contribution in [2.75, 3.05) is 48.1 Å². The van der Waals surface area contributed by atoms with Crippen LogP contribution in [0.3, 0.4) is 0 Å². The van der Waals surface area contributed by atoms with Crippen LogP contribution in [0.1, 0.15) is 25.3 Å². The van der Waals surface area contributed by atoms with E-state index >= 15 is 0 Å². The molecule has 2 aromatic carbocycles. The SMILES string of the molecule is COc1ccc(S(=O)(=O)N2C[C@@H](C(=O)NCC(C)C)[C@H](c3cc(OC)c(OC)c(OC)c3)C2)cc1. The van der Waals surface area contributed by atoms with Gasteiger partial charge in [-0.15, -0.1) is 0 Å². The quantitative estimate of drug-likeness (QED) is 0.529. The lowest BCUT2D eigenvalue weighted by molar-refractivity contribution is -0.125. The lowest BCUT2D eigenvalue weighted by Crippen LogP contribution is -2.37. The Kier molecular flexibility index (Phi) is 8.50. The summed E-state index contributed by atoms with van der Waals surface area (Å²) in [4.78, 5) is 13.4. The highest BCUT2D eigenvalue weighted by Gasteiger charge is 2.44. The van der Waals surface area contributed by atoms with Gasteiger partial charge < -0.3 is 24.3 Å². The maximum Gasteiger partial charge on any atom is 0.243 e. The molecule has 10 heteroatoms. The molecule has 3 rings (SSSR count). The molecule has 0 unspecified atom stereocenters. The molecule has 1 amide bonds. The summed E-state index contributed by atoms with van der Waals surface area (Å²) in [6.07, 6.45) is 0. The van der Waals surface area contributed by atoms with Crippen LogP contribution < -0.4 is 24.3 Å². The van der Waals surface area contributed by atoms with Gasteiger partial charge in [-0.2, -0.15) is 4.31 Å². The van der Waals surface area contributed by atoms with Gasteiger partial charge in [-0.05, 0) is 47.9 Å². The van der Waals surface area contributed by atoms with Crippen molar-refractivity contribution in [3.8, 4) is 23.0 Å². The smallest absolute Gasteiger partial charge is 0.243 e. The predicted octanol–water partition coefficient (Wildman–Crippen LogP) is 2.90. The topological polar surface area (TPSA) is 103 Å². The van der Waals surface area contributed by atoms with Gasteiger partial charge in [0, 0.05) is 25.6 Å². The van der Waals surface area contributed by atoms with Crippen molar-refractivity contribution < 1.29 is 32.2 Å². The average molecular weight is 507 g/mol. The van der Waals surface area contributed by atoms with Gasteiger partial charge in [0.05, 0.1) is 39.3 Å². The third-order valence-corrected chi connectivity index (χ3v) is 7.97. The number of methoxy groups -OCH3 is 4. The second-order valence-electron chi connectivity index (χ2n) is 8.81. The van der Waals surface area contributed by atoms with E-state index in [1.54, 1.807) is 24.3 Å². The Morgan fingerprint density at radius 3 is 2.06 bits per heavy atom. The van der Waals surface area contributed by atoms with Gasteiger partial charge in [-0.3, -0.25) is 4.79 Å². The highest BCUT2D eigenvalue weighted by atomic mass is 32.2. The largest absolute Gasteiger partial charge is 0.497 e. The van der Waals surface area contributed by atoms with Crippen LogP contribution in [0.4, 0.5) is 0 Å². The highest BCUT2D eigenvalue weighted by molar-refractivity contribution is 7.89. The van der Waals surface area contributed by atoms with Crippen LogP contribution in [0.5, 0.6) is 23.0 Å². The van der Waals surface area contributed by atoms with Crippen molar-refractivity contribution in [1.82, 2.24) is 9.62 Å². The van der Waals surface area contributed by atoms with E-state index < -0.39 is 21.9 Å². The minimum Gasteiger partial charge on any atom is -0.497 e. The summed E-state index contributed by atoms with van der Waals surface area (Å²) < 4.78 is 49.9. The Balaban J connectivity index is 2.01. The number of carbonyl (C=O) groups is 1. The van der Waals surface area contributed by atoms with Crippen molar-refractivity contribution in [2.45, 2.75) is 24.7 Å². The summed E-state index contributed by atoms with van der Waals surface area (Å²) >= 11 is 0. The zero-order valence-electron chi connectivity index (χ0n) is 21.0. The van der Waals surface area contributed by atoms with E-state index in [2.05, 4.69) is 5.32 Å². The van der Waals surface area contributed by atoms with Gasteiger partial charge in [-0.1, -0.05) is 13.8 Å². The van der Waals surface area contributed by atoms with Gasteiger partial charge in [-0.25, -0.2) is 8.42 Å². The molecule has 1 N–H and O–H groups in total. The molecule has 1 heterocycles. The molecule has 1 fully saturated rings. The Morgan fingerprint density at radius 2 is 1.57 bits per heavy atom. The zero-order valence-corrected chi connectivity index (χ0v) is 21.8. The van der Waals surface area contributed by atoms with E-state index in [1.807, 2.05) is 13.8 Å². The van der Waals surface area contributed by atoms with E-state index in [9.17, 15) is 13.2 Å². The van der Waals surface area contributed by atoms with Crippen LogP contribution >= 0.6 is 0 Å². The highest BCUT2D eigenvalue weighted by Crippen LogP contribution is 2.44. The normalized spacial score (nSPS) is 18.4. The molecule has 1 saturated heterocycles. The van der Waals surface area contributed by atoms with Crippen molar-refractivity contribution in [1.29, 1.82) is 0 Å². The molecular weight excluding hydrogens is 472 g/mol. The molecule has 192 valence electrons. The molecule has 0 aromatic heterocycles. The molecular formula is C25H34N2O7S. The first-order valence-electron chi connectivity index (χ1n) is 11.4. The summed E-state index contributed by atoms with van der Waals surface area (Å²) in [5, 5.41) is 2.97. The van der Waals surface area contributed by atoms with E-state index in [1.165, 1.54) is 44.9 Å². The van der Waals surface area contributed by atoms with Gasteiger partial charge in [0.25, 0.3) is 0 Å². The summed E-state index contributed by atoms with van der Waals surface area (Å²) in [5.74, 6) is 0.948. The van der Waals surface area contributed by atoms with Gasteiger partial charge >= 0.3 is 0 Å². The first kappa shape index (κ1) is 26.6. The van der Waals surface area contributed by atoms with Gasteiger partial charge in [0.2, 0.25) is 21.7 Å². The fraction of sp³-hybridized carbons (Fsp3) is 0.480. The molecule has 1 aliphatic rings. The van der Waals surface area contributed by atoms with Crippen LogP contribution in [-0.4, -0.2) is 66.7 Å². The molecule has 9 nitrogen and oxygen atoms in total. The van der Waals surface area contributed by atoms with E-state index in [0.717, 1.165) is 5.56 Å². The molecule has 0 saturated carbocycles. The van der Waals surface area contributed by atoms with Gasteiger partial charge in [0.1, 0.15) is 5.75 Å². The maximum absolute atomic E-state index is 13.5. The number of rotatable bonds is 10. The number of benzene rings is 2. The molecule has 0 aliphatic carbocycles. The van der Waals surface area contributed by atoms with Crippen LogP contribution in [0.25, 0.3) is 0 Å². The average Bonchev–Trinajstić information content (AvgIpc) is 3.32. The third kappa shape index (κ3) is 5.65. The Bertz CT molecular complexity index is 1110. The van der Waals surface area contributed by atoms with E-state index in [-0.39, 0.29) is 29.8 Å². The number of carbonyl (C=O) groups excluding carboxylic acids is 1. The van der Waals surface area contributed by atoms with Crippen molar-refractivity contribution in [2.24, 2.45) is 11.8 Å². The first-order chi connectivity index (χ1) is 16.7. The number of ether oxygens (including phenoxy) is 4. The molecule has 0 bridgehead atoms. The zero-order chi connectivity index (χ0) is 25.8. The molecule has 2 atom stereocenters. The Hall–Kier alpha value is -2.98. The van der Waals surface area contributed by atoms with E-state index in [0.29, 0.717) is 29.5 Å². The number of hydrogen-bond acceptors (Lipinski definition) is 7. The molecule has 1 aliphatic heterocycles. The van der Waals surface area contributed by atoms with Crippen LogP contribution in [0, 0.1) is 11.8 Å². The summed E-state index contributed by atoms with van der Waals surface area (Å²) in [5.41, 5.74) is 0.733. The molecule has 35 heavy (non-hydrogen) atoms. The second kappa shape index (κ2) is 11.2. The molecule has 0 radical (unpaired) electrons. The lowest BCUT2D eigenvalue weighted by Gasteiger charge is -2.21. The fourth-order valence-electron chi connectivity index (χ4n) is 4.22. The third-order valence-electron chi connectivity index (χ3n) is 6.12. The first-order valence-corrected chi connectivity index (χ1v) is 12.8. The van der Waals surface area contributed by atoms with Crippen LogP contribution in [0.15, 0.2) is 41.3 Å². The second-order valence-corrected chi connectivity index (χ2v) is 10.7. The van der Waals surface area contributed by atoms with Crippen LogP contribution in [0.2, 0.25) is 0 Å². The Labute approximate surface area is 207 Å². The summed E-state index contributed by atoms with van der Waals surface area (Å²) in [7, 11) is 2.23. The van der Waals surface area contributed by atoms with E-state index in [4.69, 9.17) is 18.9 Å². The van der Waals surface area contributed by atoms with Crippen molar-refractivity contribution >= 4 is 15.9 Å². The number of amides is 1. The van der Waals surface area contributed by atoms with Crippen molar-refractivity contribution in [3.63, 3.8) is 0 Å². The predicted molar refractivity (Wildman–Crippen MR) is 132 cm³/mol. The Morgan fingerprint density at radius 1 is 0.971 bits per heavy atom. The molecule has 2 aromatic rings. The molecule has 0 spiro atoms. The van der Waals surface area contributed by atoms with Gasteiger partial charge in [0.15, 0.2) is 11.5 Å². The lowest BCUT2D eigenvalue weighted by atomic mass is 9.87. The van der Waals surface area contributed by atoms with Crippen molar-refractivity contribution in [3.05, 3.63) is 42.0 Å². The summed E-state index contributed by atoms with van der Waals surface area (Å²) in [6, 6.07) is 9.78. The number of hydrogen-bond donors (Lipinski definition) is 1.